The van der Waals surface area contributed by atoms with Crippen molar-refractivity contribution in [1.82, 2.24) is 9.80 Å². The van der Waals surface area contributed by atoms with E-state index in [9.17, 15) is 9.59 Å². The molecular weight excluding hydrogens is 408 g/mol. The van der Waals surface area contributed by atoms with Crippen LogP contribution in [0.15, 0.2) is 48.5 Å². The van der Waals surface area contributed by atoms with Crippen molar-refractivity contribution in [3.05, 3.63) is 48.5 Å². The Bertz CT molecular complexity index is 826. The highest BCUT2D eigenvalue weighted by Crippen LogP contribution is 2.18. The third kappa shape index (κ3) is 6.45. The molecule has 8 nitrogen and oxygen atoms in total. The van der Waals surface area contributed by atoms with E-state index in [4.69, 9.17) is 9.47 Å². The Labute approximate surface area is 189 Å². The van der Waals surface area contributed by atoms with Crippen LogP contribution in [0.2, 0.25) is 0 Å². The van der Waals surface area contributed by atoms with Gasteiger partial charge in [-0.1, -0.05) is 0 Å². The molecule has 1 saturated heterocycles. The van der Waals surface area contributed by atoms with Crippen LogP contribution >= 0.6 is 0 Å². The average Bonchev–Trinajstić information content (AvgIpc) is 2.78. The highest BCUT2D eigenvalue weighted by Gasteiger charge is 2.31. The lowest BCUT2D eigenvalue weighted by molar-refractivity contribution is -0.122. The predicted octanol–water partition coefficient (Wildman–Crippen LogP) is 2.68. The van der Waals surface area contributed by atoms with Crippen molar-refractivity contribution < 1.29 is 19.1 Å². The Balaban J connectivity index is 1.48. The number of hydrogen-bond donors (Lipinski definition) is 2. The van der Waals surface area contributed by atoms with E-state index in [1.165, 1.54) is 0 Å². The van der Waals surface area contributed by atoms with E-state index in [0.29, 0.717) is 26.2 Å². The predicted molar refractivity (Wildman–Crippen MR) is 125 cm³/mol. The van der Waals surface area contributed by atoms with Crippen LogP contribution in [0.4, 0.5) is 11.4 Å². The molecule has 2 N–H and O–H groups in total. The first-order valence-corrected chi connectivity index (χ1v) is 10.7. The van der Waals surface area contributed by atoms with Crippen LogP contribution in [-0.2, 0) is 9.59 Å². The minimum atomic E-state index is -0.0556. The lowest BCUT2D eigenvalue weighted by atomic mass is 10.1. The number of ether oxygens (including phenoxy) is 2. The summed E-state index contributed by atoms with van der Waals surface area (Å²) in [5.74, 6) is 1.38. The molecule has 1 aliphatic rings. The van der Waals surface area contributed by atoms with E-state index < -0.39 is 0 Å². The number of carbonyl (C=O) groups is 2. The molecule has 1 heterocycles. The fourth-order valence-corrected chi connectivity index (χ4v) is 3.83. The van der Waals surface area contributed by atoms with Crippen molar-refractivity contribution in [2.45, 2.75) is 25.9 Å². The molecule has 1 fully saturated rings. The Kier molecular flexibility index (Phi) is 8.08. The normalized spacial score (nSPS) is 19.2. The Hall–Kier alpha value is -3.10. The van der Waals surface area contributed by atoms with Gasteiger partial charge in [0.05, 0.1) is 27.3 Å². The van der Waals surface area contributed by atoms with Gasteiger partial charge in [0.2, 0.25) is 11.8 Å². The molecule has 1 aliphatic heterocycles. The maximum absolute atomic E-state index is 12.5. The Morgan fingerprint density at radius 3 is 1.41 bits per heavy atom. The second-order valence-electron chi connectivity index (χ2n) is 8.11. The van der Waals surface area contributed by atoms with Gasteiger partial charge in [-0.15, -0.1) is 0 Å². The van der Waals surface area contributed by atoms with E-state index in [0.717, 1.165) is 22.9 Å². The van der Waals surface area contributed by atoms with Gasteiger partial charge < -0.3 is 20.1 Å². The van der Waals surface area contributed by atoms with Crippen molar-refractivity contribution in [3.8, 4) is 11.5 Å². The first kappa shape index (κ1) is 23.6. The number of amides is 2. The molecule has 2 aromatic carbocycles. The first-order chi connectivity index (χ1) is 15.4. The van der Waals surface area contributed by atoms with Gasteiger partial charge in [0.15, 0.2) is 0 Å². The average molecular weight is 441 g/mol. The summed E-state index contributed by atoms with van der Waals surface area (Å²) in [6.45, 7) is 6.22. The molecule has 2 amide bonds. The first-order valence-electron chi connectivity index (χ1n) is 10.7. The summed E-state index contributed by atoms with van der Waals surface area (Å²) in [6.07, 6.45) is 0. The van der Waals surface area contributed by atoms with Crippen molar-refractivity contribution >= 4 is 23.2 Å². The van der Waals surface area contributed by atoms with Gasteiger partial charge >= 0.3 is 0 Å². The molecule has 2 unspecified atom stereocenters. The maximum atomic E-state index is 12.5. The quantitative estimate of drug-likeness (QED) is 0.657. The monoisotopic (exact) mass is 440 g/mol. The number of anilines is 2. The zero-order valence-electron chi connectivity index (χ0n) is 19.1. The number of hydrogen-bond acceptors (Lipinski definition) is 6. The zero-order valence-corrected chi connectivity index (χ0v) is 19.1. The van der Waals surface area contributed by atoms with E-state index >= 15 is 0 Å². The molecular formula is C24H32N4O4. The van der Waals surface area contributed by atoms with Gasteiger partial charge in [0.25, 0.3) is 0 Å². The van der Waals surface area contributed by atoms with Crippen molar-refractivity contribution in [2.75, 3.05) is 51.0 Å². The Morgan fingerprint density at radius 1 is 0.750 bits per heavy atom. The number of piperazine rings is 1. The molecule has 2 atom stereocenters. The standard InChI is InChI=1S/C24H32N4O4/c1-17-13-28(16-24(30)26-20-7-11-22(32-4)12-8-20)18(2)14-27(17)15-23(29)25-19-5-9-21(31-3)10-6-19/h5-12,17-18H,13-16H2,1-4H3,(H,25,29)(H,26,30). The number of rotatable bonds is 8. The maximum Gasteiger partial charge on any atom is 0.238 e. The molecule has 0 aromatic heterocycles. The molecule has 3 rings (SSSR count). The van der Waals surface area contributed by atoms with Crippen LogP contribution in [0.25, 0.3) is 0 Å². The summed E-state index contributed by atoms with van der Waals surface area (Å²) in [5, 5.41) is 5.86. The second kappa shape index (κ2) is 11.0. The van der Waals surface area contributed by atoms with E-state index in [-0.39, 0.29) is 23.9 Å². The zero-order chi connectivity index (χ0) is 23.1. The largest absolute Gasteiger partial charge is 0.497 e. The molecule has 172 valence electrons. The minimum absolute atomic E-state index is 0.0556. The van der Waals surface area contributed by atoms with Crippen LogP contribution in [0.5, 0.6) is 11.5 Å². The molecule has 0 aliphatic carbocycles. The van der Waals surface area contributed by atoms with E-state index in [1.807, 2.05) is 48.5 Å². The van der Waals surface area contributed by atoms with Crippen LogP contribution in [-0.4, -0.2) is 74.1 Å². The van der Waals surface area contributed by atoms with Gasteiger partial charge in [-0.25, -0.2) is 0 Å². The smallest absolute Gasteiger partial charge is 0.238 e. The lowest BCUT2D eigenvalue weighted by Crippen LogP contribution is -2.58. The van der Waals surface area contributed by atoms with E-state index in [2.05, 4.69) is 34.3 Å². The van der Waals surface area contributed by atoms with Crippen molar-refractivity contribution in [1.29, 1.82) is 0 Å². The van der Waals surface area contributed by atoms with Crippen LogP contribution in [0, 0.1) is 0 Å². The summed E-state index contributed by atoms with van der Waals surface area (Å²) in [7, 11) is 3.22. The summed E-state index contributed by atoms with van der Waals surface area (Å²) in [4.78, 5) is 29.4. The van der Waals surface area contributed by atoms with Gasteiger partial charge in [-0.2, -0.15) is 0 Å². The van der Waals surface area contributed by atoms with Gasteiger partial charge in [0.1, 0.15) is 11.5 Å². The van der Waals surface area contributed by atoms with Crippen LogP contribution < -0.4 is 20.1 Å². The van der Waals surface area contributed by atoms with Crippen LogP contribution in [0.1, 0.15) is 13.8 Å². The van der Waals surface area contributed by atoms with Gasteiger partial charge in [0, 0.05) is 36.5 Å². The summed E-state index contributed by atoms with van der Waals surface area (Å²) in [6, 6.07) is 14.9. The van der Waals surface area contributed by atoms with Crippen molar-refractivity contribution in [2.24, 2.45) is 0 Å². The number of nitrogens with one attached hydrogen (secondary N) is 2. The Morgan fingerprint density at radius 2 is 1.09 bits per heavy atom. The van der Waals surface area contributed by atoms with Gasteiger partial charge in [-0.3, -0.25) is 19.4 Å². The minimum Gasteiger partial charge on any atom is -0.497 e. The molecule has 8 heteroatoms. The number of benzene rings is 2. The molecule has 0 radical (unpaired) electrons. The lowest BCUT2D eigenvalue weighted by Gasteiger charge is -2.43. The topological polar surface area (TPSA) is 83.1 Å². The molecule has 0 spiro atoms. The fraction of sp³-hybridized carbons (Fsp3) is 0.417. The second-order valence-corrected chi connectivity index (χ2v) is 8.11. The summed E-state index contributed by atoms with van der Waals surface area (Å²) < 4.78 is 10.3. The SMILES string of the molecule is COc1ccc(NC(=O)CN2CC(C)N(CC(=O)Nc3ccc(OC)cc3)CC2C)cc1. The number of carbonyl (C=O) groups excluding carboxylic acids is 2. The summed E-state index contributed by atoms with van der Waals surface area (Å²) in [5.41, 5.74) is 1.48. The van der Waals surface area contributed by atoms with E-state index in [1.54, 1.807) is 14.2 Å². The molecule has 32 heavy (non-hydrogen) atoms. The van der Waals surface area contributed by atoms with Crippen LogP contribution in [0.3, 0.4) is 0 Å². The molecule has 2 aromatic rings. The third-order valence-electron chi connectivity index (χ3n) is 5.69. The highest BCUT2D eigenvalue weighted by atomic mass is 16.5. The summed E-state index contributed by atoms with van der Waals surface area (Å²) >= 11 is 0. The van der Waals surface area contributed by atoms with Crippen molar-refractivity contribution in [3.63, 3.8) is 0 Å². The number of nitrogens with zero attached hydrogens (tertiary/aromatic N) is 2. The molecule has 0 bridgehead atoms. The third-order valence-corrected chi connectivity index (χ3v) is 5.69. The fourth-order valence-electron chi connectivity index (χ4n) is 3.83. The highest BCUT2D eigenvalue weighted by molar-refractivity contribution is 5.93. The molecule has 0 saturated carbocycles. The number of methoxy groups -OCH3 is 2. The van der Waals surface area contributed by atoms with Gasteiger partial charge in [-0.05, 0) is 62.4 Å².